The molecule has 3 aromatic carbocycles. The SMILES string of the molecule is C#Cc1c(F)ccc2cccc(-c3ncc4c(N5CC6CCC(C5)N6)nc(OC[C@@]56CCCN5[C@H](COC(=O)N5CCC(OCCCCCCCc7cccc8c7n(C)c(=O)n8C7CCC(=O)NC7=O)CC5)CC6)nc4c3F)c12. The third-order valence-corrected chi connectivity index (χ3v) is 17.8. The minimum absolute atomic E-state index is 0.0156. The van der Waals surface area contributed by atoms with Gasteiger partial charge in [0.2, 0.25) is 11.8 Å². The van der Waals surface area contributed by atoms with Crippen molar-refractivity contribution in [3.8, 4) is 29.6 Å². The number of carbonyl (C=O) groups excluding carboxylic acids is 3. The van der Waals surface area contributed by atoms with Crippen molar-refractivity contribution in [3.05, 3.63) is 88.0 Å². The Morgan fingerprint density at radius 3 is 2.51 bits per heavy atom. The number of terminal acetylenes is 1. The van der Waals surface area contributed by atoms with Crippen molar-refractivity contribution in [1.29, 1.82) is 0 Å². The van der Waals surface area contributed by atoms with Crippen LogP contribution < -0.4 is 26.0 Å². The summed E-state index contributed by atoms with van der Waals surface area (Å²) in [5.74, 6) is 1.08. The van der Waals surface area contributed by atoms with Gasteiger partial charge in [0.25, 0.3) is 0 Å². The van der Waals surface area contributed by atoms with Crippen LogP contribution in [-0.2, 0) is 32.5 Å². The van der Waals surface area contributed by atoms with Crippen LogP contribution in [-0.4, -0.2) is 134 Å². The smallest absolute Gasteiger partial charge is 0.409 e. The largest absolute Gasteiger partial charge is 0.461 e. The van der Waals surface area contributed by atoms with Crippen molar-refractivity contribution in [2.24, 2.45) is 7.05 Å². The fraction of sp³-hybridized carbons (Fsp3) is 0.517. The lowest BCUT2D eigenvalue weighted by Gasteiger charge is -2.35. The summed E-state index contributed by atoms with van der Waals surface area (Å²) in [6, 6.07) is 14.1. The molecule has 6 aliphatic heterocycles. The Bertz CT molecular complexity index is 3430. The van der Waals surface area contributed by atoms with E-state index >= 15 is 8.78 Å². The predicted octanol–water partition coefficient (Wildman–Crippen LogP) is 7.86. The van der Waals surface area contributed by atoms with Crippen LogP contribution in [0.3, 0.4) is 0 Å². The van der Waals surface area contributed by atoms with Gasteiger partial charge in [0.1, 0.15) is 42.1 Å². The summed E-state index contributed by atoms with van der Waals surface area (Å²) in [5, 5.41) is 7.60. The fourth-order valence-electron chi connectivity index (χ4n) is 13.8. The van der Waals surface area contributed by atoms with E-state index in [0.29, 0.717) is 85.4 Å². The number of ether oxygens (including phenoxy) is 3. The Morgan fingerprint density at radius 1 is 0.899 bits per heavy atom. The molecule has 9 heterocycles. The minimum Gasteiger partial charge on any atom is -0.461 e. The van der Waals surface area contributed by atoms with Gasteiger partial charge in [-0.3, -0.25) is 33.9 Å². The number of hydrogen-bond donors (Lipinski definition) is 2. The number of aromatic nitrogens is 5. The van der Waals surface area contributed by atoms with Crippen LogP contribution in [0.15, 0.2) is 59.5 Å². The highest BCUT2D eigenvalue weighted by Gasteiger charge is 2.50. The number of imide groups is 1. The molecular weight excluding hydrogens is 1010 g/mol. The van der Waals surface area contributed by atoms with E-state index in [4.69, 9.17) is 30.6 Å². The standard InChI is InChI=1S/C60H68F2N10O7/c1-3-43-46(61)20-17-37-13-9-15-44(50(37)43)52-51(62)53-45(32-63-52)55(70-33-39-18-19-40(34-70)64-39)67-57(66-53)79-36-60-26-11-28-71(60)41(23-27-60)35-78-59(76)69-29-24-42(25-30-69)77-31-8-6-4-5-7-12-38-14-10-16-47-54(38)68(2)58(75)72(47)48-21-22-49(73)65-56(48)74/h1,9-10,13-17,20,32,39-42,48,64H,4-8,11-12,18-19,21-31,33-36H2,2H3,(H,65,73,74)/t39?,40?,41-,48?,60-/m0/s1. The number of piperidine rings is 2. The first-order valence-corrected chi connectivity index (χ1v) is 28.5. The van der Waals surface area contributed by atoms with E-state index in [1.165, 1.54) is 10.6 Å². The van der Waals surface area contributed by atoms with Gasteiger partial charge in [0.05, 0.1) is 33.6 Å². The van der Waals surface area contributed by atoms with Gasteiger partial charge >= 0.3 is 17.8 Å². The summed E-state index contributed by atoms with van der Waals surface area (Å²) in [5.41, 5.74) is 2.58. The maximum Gasteiger partial charge on any atom is 0.409 e. The topological polar surface area (TPSA) is 178 Å². The number of nitrogens with one attached hydrogen (secondary N) is 2. The number of likely N-dealkylation sites (tertiary alicyclic amines) is 1. The molecular formula is C60H68F2N10O7. The number of anilines is 1. The molecule has 2 N–H and O–H groups in total. The van der Waals surface area contributed by atoms with Gasteiger partial charge in [-0.2, -0.15) is 9.97 Å². The number of hydrogen-bond acceptors (Lipinski definition) is 13. The molecule has 414 valence electrons. The quantitative estimate of drug-likeness (QED) is 0.0513. The Balaban J connectivity index is 0.614. The number of halogens is 2. The third kappa shape index (κ3) is 10.2. The fourth-order valence-corrected chi connectivity index (χ4v) is 13.8. The summed E-state index contributed by atoms with van der Waals surface area (Å²) in [7, 11) is 1.74. The van der Waals surface area contributed by atoms with E-state index in [0.717, 1.165) is 113 Å². The molecule has 3 aromatic heterocycles. The second-order valence-electron chi connectivity index (χ2n) is 22.6. The first kappa shape index (κ1) is 52.7. The van der Waals surface area contributed by atoms with Crippen molar-refractivity contribution in [2.45, 2.75) is 139 Å². The van der Waals surface area contributed by atoms with E-state index in [1.54, 1.807) is 40.9 Å². The number of piperazine rings is 1. The molecule has 0 radical (unpaired) electrons. The lowest BCUT2D eigenvalue weighted by molar-refractivity contribution is -0.135. The van der Waals surface area contributed by atoms with Gasteiger partial charge in [0, 0.05) is 81.5 Å². The van der Waals surface area contributed by atoms with E-state index < -0.39 is 23.6 Å². The molecule has 79 heavy (non-hydrogen) atoms. The second kappa shape index (κ2) is 22.3. The zero-order chi connectivity index (χ0) is 54.4. The highest BCUT2D eigenvalue weighted by molar-refractivity contribution is 6.02. The average Bonchev–Trinajstić information content (AvgIpc) is 4.42. The van der Waals surface area contributed by atoms with Gasteiger partial charge in [-0.15, -0.1) is 6.42 Å². The zero-order valence-corrected chi connectivity index (χ0v) is 44.8. The van der Waals surface area contributed by atoms with Gasteiger partial charge in [-0.1, -0.05) is 61.6 Å². The van der Waals surface area contributed by atoms with Crippen molar-refractivity contribution in [2.75, 3.05) is 57.4 Å². The van der Waals surface area contributed by atoms with Gasteiger partial charge in [-0.05, 0) is 107 Å². The number of nitrogens with zero attached hydrogens (tertiary/aromatic N) is 8. The van der Waals surface area contributed by atoms with E-state index in [-0.39, 0.29) is 71.2 Å². The molecule has 6 saturated heterocycles. The normalized spacial score (nSPS) is 23.5. The molecule has 19 heteroatoms. The molecule has 3 amide bonds. The van der Waals surface area contributed by atoms with Crippen LogP contribution in [0.4, 0.5) is 19.4 Å². The molecule has 2 bridgehead atoms. The summed E-state index contributed by atoms with van der Waals surface area (Å²) >= 11 is 0. The first-order valence-electron chi connectivity index (χ1n) is 28.5. The maximum atomic E-state index is 17.2. The van der Waals surface area contributed by atoms with E-state index in [9.17, 15) is 19.2 Å². The monoisotopic (exact) mass is 1080 g/mol. The minimum atomic E-state index is -0.698. The number of aryl methyl sites for hydroxylation is 2. The Hall–Kier alpha value is -7.01. The number of rotatable bonds is 17. The van der Waals surface area contributed by atoms with Crippen molar-refractivity contribution < 1.29 is 37.4 Å². The number of amides is 3. The molecule has 12 rings (SSSR count). The molecule has 6 fully saturated rings. The molecule has 3 unspecified atom stereocenters. The molecule has 5 atom stereocenters. The average molecular weight is 1080 g/mol. The Labute approximate surface area is 457 Å². The van der Waals surface area contributed by atoms with Crippen molar-refractivity contribution in [1.82, 2.24) is 44.5 Å². The number of unbranched alkanes of at least 4 members (excludes halogenated alkanes) is 4. The van der Waals surface area contributed by atoms with Crippen molar-refractivity contribution >= 4 is 56.4 Å². The highest BCUT2D eigenvalue weighted by Crippen LogP contribution is 2.44. The lowest BCUT2D eigenvalue weighted by atomic mass is 9.95. The number of para-hydroxylation sites is 1. The molecule has 0 spiro atoms. The van der Waals surface area contributed by atoms with Crippen LogP contribution in [0.2, 0.25) is 0 Å². The van der Waals surface area contributed by atoms with Crippen LogP contribution in [0.5, 0.6) is 6.01 Å². The molecule has 17 nitrogen and oxygen atoms in total. The molecule has 6 aliphatic rings. The molecule has 6 aromatic rings. The van der Waals surface area contributed by atoms with Crippen LogP contribution >= 0.6 is 0 Å². The Kier molecular flexibility index (Phi) is 14.8. The Morgan fingerprint density at radius 2 is 1.70 bits per heavy atom. The van der Waals surface area contributed by atoms with Crippen molar-refractivity contribution in [3.63, 3.8) is 0 Å². The number of fused-ring (bicyclic) bond motifs is 6. The van der Waals surface area contributed by atoms with Crippen LogP contribution in [0.1, 0.15) is 113 Å². The van der Waals surface area contributed by atoms with Crippen LogP contribution in [0.25, 0.3) is 44.0 Å². The molecule has 0 saturated carbocycles. The summed E-state index contributed by atoms with van der Waals surface area (Å²) in [6.07, 6.45) is 20.8. The highest BCUT2D eigenvalue weighted by atomic mass is 19.1. The maximum absolute atomic E-state index is 17.2. The number of carbonyl (C=O) groups is 3. The first-order chi connectivity index (χ1) is 38.5. The van der Waals surface area contributed by atoms with Gasteiger partial charge in [0.15, 0.2) is 5.82 Å². The molecule has 0 aliphatic carbocycles. The van der Waals surface area contributed by atoms with E-state index in [1.807, 2.05) is 24.3 Å². The van der Waals surface area contributed by atoms with Gasteiger partial charge in [-0.25, -0.2) is 18.4 Å². The second-order valence-corrected chi connectivity index (χ2v) is 22.6. The zero-order valence-electron chi connectivity index (χ0n) is 44.8. The number of imidazole rings is 1. The van der Waals surface area contributed by atoms with Gasteiger partial charge < -0.3 is 29.3 Å². The summed E-state index contributed by atoms with van der Waals surface area (Å²) in [4.78, 5) is 72.0. The summed E-state index contributed by atoms with van der Waals surface area (Å²) in [6.45, 7) is 4.68. The number of pyridine rings is 1. The predicted molar refractivity (Wildman–Crippen MR) is 295 cm³/mol. The van der Waals surface area contributed by atoms with E-state index in [2.05, 4.69) is 31.3 Å². The third-order valence-electron chi connectivity index (χ3n) is 17.8. The lowest BCUT2D eigenvalue weighted by Crippen LogP contribution is -2.51. The number of benzene rings is 3. The summed E-state index contributed by atoms with van der Waals surface area (Å²) < 4.78 is 54.3. The van der Waals surface area contributed by atoms with Crippen LogP contribution in [0, 0.1) is 24.0 Å².